The number of non-ortho nitro benzene ring substituents is 1. The van der Waals surface area contributed by atoms with Crippen molar-refractivity contribution >= 4 is 23.5 Å². The quantitative estimate of drug-likeness (QED) is 0.0112. The molecule has 30 atom stereocenters. The van der Waals surface area contributed by atoms with Crippen LogP contribution < -0.4 is 15.4 Å². The maximum absolute atomic E-state index is 12.9. The Labute approximate surface area is 529 Å². The molecule has 0 spiro atoms. The van der Waals surface area contributed by atoms with Gasteiger partial charge in [0.15, 0.2) is 37.7 Å². The van der Waals surface area contributed by atoms with Gasteiger partial charge in [-0.2, -0.15) is 0 Å². The molecule has 1 aromatic rings. The van der Waals surface area contributed by atoms with E-state index in [2.05, 4.69) is 10.6 Å². The van der Waals surface area contributed by atoms with Gasteiger partial charge in [-0.05, 0) is 51.2 Å². The standard InChI is InChI=1S/C55H87N3O35/c1-21-33(67)37(71)41(75)52(82-21)93-49-38(72)34(68)25(16-59)86-55(49)91-47-32(57-22(2)64)50(84-26(17-60)35(47)69)92-48-36(70)27(18-61)85-54(44(48)78)90-46-29(20-63)88-53(43(77)40(46)74)89-45-28(19-62)87-51(42(76)39(45)73)81-15-7-3-6-14-56-30(65)8-4-5-9-31(66)83-24-12-10-23(11-13-24)58(79)80/h10-13,21,25-29,32-55,59-63,67-78H,3-9,14-20H2,1-2H3,(H,56,65)(H,57,64)/t21?,25?,26?,27?,28?,29?,32-,33?,34-,35-,36-,37-,38?,39?,40?,41-,42-,43-,44?,45+,46-,47?,48-,49-,50-,51+,52-,53-,54+,55-/m0/s1. The highest BCUT2D eigenvalue weighted by Gasteiger charge is 2.58. The van der Waals surface area contributed by atoms with Crippen molar-refractivity contribution in [3.05, 3.63) is 34.4 Å². The van der Waals surface area contributed by atoms with Crippen LogP contribution in [0.4, 0.5) is 5.69 Å². The third-order valence-electron chi connectivity index (χ3n) is 16.5. The number of aliphatic hydroxyl groups is 17. The summed E-state index contributed by atoms with van der Waals surface area (Å²) < 4.78 is 74.7. The van der Waals surface area contributed by atoms with Gasteiger partial charge in [-0.15, -0.1) is 0 Å². The van der Waals surface area contributed by atoms with E-state index in [0.29, 0.717) is 38.6 Å². The Kier molecular flexibility index (Phi) is 29.0. The Bertz CT molecular complexity index is 2480. The first-order valence-electron chi connectivity index (χ1n) is 30.3. The molecule has 12 unspecified atom stereocenters. The zero-order valence-corrected chi connectivity index (χ0v) is 50.4. The molecule has 6 heterocycles. The van der Waals surface area contributed by atoms with Gasteiger partial charge in [0.05, 0.1) is 44.1 Å². The first-order valence-corrected chi connectivity index (χ1v) is 30.3. The number of rotatable bonds is 30. The first kappa shape index (κ1) is 76.2. The lowest BCUT2D eigenvalue weighted by Crippen LogP contribution is -2.70. The number of hydrogen-bond donors (Lipinski definition) is 19. The molecular formula is C55H87N3O35. The van der Waals surface area contributed by atoms with Gasteiger partial charge >= 0.3 is 5.97 Å². The van der Waals surface area contributed by atoms with Crippen LogP contribution in [-0.2, 0) is 71.2 Å². The third kappa shape index (κ3) is 19.0. The minimum Gasteiger partial charge on any atom is -0.427 e. The predicted octanol–water partition coefficient (Wildman–Crippen LogP) is -9.54. The summed E-state index contributed by atoms with van der Waals surface area (Å²) in [7, 11) is 0. The first-order chi connectivity index (χ1) is 44.3. The maximum atomic E-state index is 12.9. The largest absolute Gasteiger partial charge is 0.427 e. The molecule has 6 saturated heterocycles. The van der Waals surface area contributed by atoms with E-state index in [4.69, 9.17) is 61.6 Å². The third-order valence-corrected chi connectivity index (χ3v) is 16.5. The molecule has 38 nitrogen and oxygen atoms in total. The number of ether oxygens (including phenoxy) is 13. The number of nitro groups is 1. The molecule has 6 aliphatic rings. The molecule has 532 valence electrons. The van der Waals surface area contributed by atoms with Crippen LogP contribution in [0, 0.1) is 10.1 Å². The van der Waals surface area contributed by atoms with E-state index >= 15 is 0 Å². The second-order valence-corrected chi connectivity index (χ2v) is 23.2. The molecule has 6 aliphatic heterocycles. The van der Waals surface area contributed by atoms with E-state index in [9.17, 15) is 111 Å². The van der Waals surface area contributed by atoms with Crippen LogP contribution in [0.1, 0.15) is 58.8 Å². The molecule has 0 aromatic heterocycles. The molecule has 2 amide bonds. The predicted molar refractivity (Wildman–Crippen MR) is 297 cm³/mol. The lowest BCUT2D eigenvalue weighted by molar-refractivity contribution is -0.393. The fourth-order valence-corrected chi connectivity index (χ4v) is 11.3. The van der Waals surface area contributed by atoms with E-state index in [1.54, 1.807) is 0 Å². The molecule has 0 saturated carbocycles. The fraction of sp³-hybridized carbons (Fsp3) is 0.836. The number of carbonyl (C=O) groups excluding carboxylic acids is 3. The zero-order chi connectivity index (χ0) is 68.1. The number of esters is 1. The maximum Gasteiger partial charge on any atom is 0.311 e. The van der Waals surface area contributed by atoms with E-state index in [1.165, 1.54) is 31.2 Å². The number of carbonyl (C=O) groups is 3. The summed E-state index contributed by atoms with van der Waals surface area (Å²) in [6.07, 6.45) is -52.1. The Morgan fingerprint density at radius 1 is 0.473 bits per heavy atom. The summed E-state index contributed by atoms with van der Waals surface area (Å²) in [4.78, 5) is 47.5. The Balaban J connectivity index is 0.921. The number of unbranched alkanes of at least 4 members (excludes halogenated alkanes) is 3. The highest BCUT2D eigenvalue weighted by molar-refractivity contribution is 5.76. The molecule has 93 heavy (non-hydrogen) atoms. The number of nitro benzene ring substituents is 1. The van der Waals surface area contributed by atoms with Crippen LogP contribution >= 0.6 is 0 Å². The molecule has 0 aliphatic carbocycles. The number of aliphatic hydroxyl groups excluding tert-OH is 17. The van der Waals surface area contributed by atoms with Gasteiger partial charge in [0.1, 0.15) is 146 Å². The topological polar surface area (TPSA) is 582 Å². The van der Waals surface area contributed by atoms with Crippen molar-refractivity contribution in [1.82, 2.24) is 10.6 Å². The summed E-state index contributed by atoms with van der Waals surface area (Å²) in [5.74, 6) is -1.53. The van der Waals surface area contributed by atoms with Crippen molar-refractivity contribution in [3.8, 4) is 5.75 Å². The summed E-state index contributed by atoms with van der Waals surface area (Å²) in [6.45, 7) is -2.36. The Morgan fingerprint density at radius 3 is 1.53 bits per heavy atom. The molecule has 1 aromatic carbocycles. The Hall–Kier alpha value is -4.13. The molecule has 0 radical (unpaired) electrons. The fourth-order valence-electron chi connectivity index (χ4n) is 11.3. The number of amides is 2. The van der Waals surface area contributed by atoms with Crippen molar-refractivity contribution in [2.75, 3.05) is 46.2 Å². The minimum absolute atomic E-state index is 0.0234. The normalized spacial score (nSPS) is 41.5. The lowest BCUT2D eigenvalue weighted by atomic mass is 9.94. The average Bonchev–Trinajstić information content (AvgIpc) is 0.785. The molecule has 6 fully saturated rings. The monoisotopic (exact) mass is 1350 g/mol. The highest BCUT2D eigenvalue weighted by Crippen LogP contribution is 2.38. The second-order valence-electron chi connectivity index (χ2n) is 23.2. The van der Waals surface area contributed by atoms with Crippen LogP contribution in [0.25, 0.3) is 0 Å². The smallest absolute Gasteiger partial charge is 0.311 e. The summed E-state index contributed by atoms with van der Waals surface area (Å²) in [5.41, 5.74) is -0.154. The second kappa shape index (κ2) is 35.4. The number of hydrogen-bond acceptors (Lipinski definition) is 35. The van der Waals surface area contributed by atoms with E-state index < -0.39 is 234 Å². The minimum atomic E-state index is -2.25. The summed E-state index contributed by atoms with van der Waals surface area (Å²) >= 11 is 0. The van der Waals surface area contributed by atoms with Crippen molar-refractivity contribution in [2.45, 2.75) is 243 Å². The molecular weight excluding hydrogens is 1260 g/mol. The van der Waals surface area contributed by atoms with Crippen LogP contribution in [0.2, 0.25) is 0 Å². The Morgan fingerprint density at radius 2 is 0.935 bits per heavy atom. The SMILES string of the molecule is CC(=O)N[C@H]1C(O[C@@H]2OC(CO)[C@H](O)C(O)[C@@H]2O[C@@H]2OC(C)C(O)[C@H](O)[C@@H]2O)[C@@H](O)C(CO)O[C@H]1O[C@@H]1C(O)[C@@H](O[C@H]2C(CO)O[C@@H](O[C@@H]3C(CO)O[C@@H](OCCCCCNC(=O)CCCCC(=O)Oc4ccc([N+](=O)[O-])cc4)[C@@H](O)C3O)[C@@H](O)C2O)OC(CO)[C@@H]1O. The number of nitrogens with one attached hydrogen (secondary N) is 2. The van der Waals surface area contributed by atoms with Gasteiger partial charge in [-0.1, -0.05) is 0 Å². The molecule has 19 N–H and O–H groups in total. The average molecular weight is 1350 g/mol. The van der Waals surface area contributed by atoms with Crippen molar-refractivity contribution < 1.29 is 168 Å². The zero-order valence-electron chi connectivity index (χ0n) is 50.4. The van der Waals surface area contributed by atoms with Gasteiger partial charge in [-0.25, -0.2) is 0 Å². The molecule has 38 heteroatoms. The van der Waals surface area contributed by atoms with E-state index in [1.807, 2.05) is 0 Å². The van der Waals surface area contributed by atoms with Crippen LogP contribution in [0.5, 0.6) is 5.75 Å². The summed E-state index contributed by atoms with van der Waals surface area (Å²) in [5, 5.41) is 202. The van der Waals surface area contributed by atoms with Crippen molar-refractivity contribution in [2.24, 2.45) is 0 Å². The lowest BCUT2D eigenvalue weighted by Gasteiger charge is -2.51. The van der Waals surface area contributed by atoms with Gasteiger partial charge in [0.2, 0.25) is 11.8 Å². The van der Waals surface area contributed by atoms with Gasteiger partial charge in [0, 0.05) is 45.0 Å². The van der Waals surface area contributed by atoms with Crippen LogP contribution in [0.15, 0.2) is 24.3 Å². The molecule has 0 bridgehead atoms. The van der Waals surface area contributed by atoms with Crippen LogP contribution in [-0.4, -0.2) is 340 Å². The number of benzene rings is 1. The highest BCUT2D eigenvalue weighted by atomic mass is 16.8. The van der Waals surface area contributed by atoms with Gasteiger partial charge in [-0.3, -0.25) is 24.5 Å². The van der Waals surface area contributed by atoms with Gasteiger partial charge in [0.25, 0.3) is 5.69 Å². The van der Waals surface area contributed by atoms with Crippen molar-refractivity contribution in [3.63, 3.8) is 0 Å². The number of nitrogens with zero attached hydrogens (tertiary/aromatic N) is 1. The van der Waals surface area contributed by atoms with E-state index in [-0.39, 0.29) is 36.8 Å². The molecule has 7 rings (SSSR count). The summed E-state index contributed by atoms with van der Waals surface area (Å²) in [6, 6.07) is 3.21. The van der Waals surface area contributed by atoms with E-state index in [0.717, 1.165) is 6.92 Å². The van der Waals surface area contributed by atoms with Gasteiger partial charge < -0.3 is 159 Å². The van der Waals surface area contributed by atoms with Crippen molar-refractivity contribution in [1.29, 1.82) is 0 Å². The van der Waals surface area contributed by atoms with Crippen LogP contribution in [0.3, 0.4) is 0 Å².